The third-order valence-corrected chi connectivity index (χ3v) is 4.42. The van der Waals surface area contributed by atoms with Crippen LogP contribution in [0.5, 0.6) is 0 Å². The quantitative estimate of drug-likeness (QED) is 0.431. The minimum absolute atomic E-state index is 0.493. The lowest BCUT2D eigenvalue weighted by Gasteiger charge is -2.34. The van der Waals surface area contributed by atoms with Crippen LogP contribution < -0.4 is 0 Å². The largest absolute Gasteiger partial charge is 0.411 e. The lowest BCUT2D eigenvalue weighted by Crippen LogP contribution is -2.31. The topological polar surface area (TPSA) is 58.4 Å². The van der Waals surface area contributed by atoms with Gasteiger partial charge in [0, 0.05) is 30.2 Å². The van der Waals surface area contributed by atoms with Crippen LogP contribution in [0.4, 0.5) is 0 Å². The Morgan fingerprint density at radius 2 is 1.64 bits per heavy atom. The van der Waals surface area contributed by atoms with E-state index in [1.807, 2.05) is 50.2 Å². The molecule has 0 aliphatic carbocycles. The van der Waals surface area contributed by atoms with Gasteiger partial charge in [-0.05, 0) is 49.2 Å². The highest BCUT2D eigenvalue weighted by Crippen LogP contribution is 2.41. The first-order valence-electron chi connectivity index (χ1n) is 8.25. The Bertz CT molecular complexity index is 801. The summed E-state index contributed by atoms with van der Waals surface area (Å²) in [5, 5.41) is 12.4. The van der Waals surface area contributed by atoms with Gasteiger partial charge in [-0.1, -0.05) is 36.4 Å². The van der Waals surface area contributed by atoms with Crippen molar-refractivity contribution in [2.45, 2.75) is 25.7 Å². The minimum Gasteiger partial charge on any atom is -0.411 e. The zero-order valence-corrected chi connectivity index (χ0v) is 14.4. The van der Waals surface area contributed by atoms with Gasteiger partial charge in [0.2, 0.25) is 0 Å². The number of nitrogens with zero attached hydrogens (tertiary/aromatic N) is 3. The molecule has 3 aromatic rings. The monoisotopic (exact) mass is 331 g/mol. The lowest BCUT2D eigenvalue weighted by atomic mass is 9.69. The minimum atomic E-state index is -0.548. The Labute approximate surface area is 147 Å². The second kappa shape index (κ2) is 7.26. The SMILES string of the molecule is Cc1cc(C(C/C=N/O)(c2ccccc2)c2ccccn2)cc(C)n1. The maximum atomic E-state index is 9.12. The summed E-state index contributed by atoms with van der Waals surface area (Å²) in [6, 6.07) is 20.3. The van der Waals surface area contributed by atoms with Gasteiger partial charge in [0.05, 0.1) is 11.1 Å². The Kier molecular flexibility index (Phi) is 4.89. The van der Waals surface area contributed by atoms with Gasteiger partial charge in [0.1, 0.15) is 0 Å². The Morgan fingerprint density at radius 3 is 2.24 bits per heavy atom. The molecule has 4 nitrogen and oxygen atoms in total. The lowest BCUT2D eigenvalue weighted by molar-refractivity contribution is 0.319. The smallest absolute Gasteiger partial charge is 0.0675 e. The summed E-state index contributed by atoms with van der Waals surface area (Å²) in [5.74, 6) is 0. The molecule has 0 bridgehead atoms. The van der Waals surface area contributed by atoms with Gasteiger partial charge < -0.3 is 5.21 Å². The predicted molar refractivity (Wildman–Crippen MR) is 99.2 cm³/mol. The normalized spacial score (nSPS) is 13.7. The van der Waals surface area contributed by atoms with E-state index in [1.54, 1.807) is 6.20 Å². The summed E-state index contributed by atoms with van der Waals surface area (Å²) < 4.78 is 0. The molecule has 126 valence electrons. The molecule has 1 atom stereocenters. The molecule has 2 heterocycles. The Hall–Kier alpha value is -3.01. The van der Waals surface area contributed by atoms with Gasteiger partial charge in [-0.25, -0.2) is 0 Å². The number of oxime groups is 1. The van der Waals surface area contributed by atoms with Gasteiger partial charge in [-0.3, -0.25) is 9.97 Å². The predicted octanol–water partition coefficient (Wildman–Crippen LogP) is 4.28. The Balaban J connectivity index is 2.36. The first kappa shape index (κ1) is 16.8. The number of benzene rings is 1. The summed E-state index contributed by atoms with van der Waals surface area (Å²) in [4.78, 5) is 9.16. The van der Waals surface area contributed by atoms with E-state index in [4.69, 9.17) is 5.21 Å². The maximum absolute atomic E-state index is 9.12. The van der Waals surface area contributed by atoms with Crippen LogP contribution in [-0.4, -0.2) is 21.4 Å². The van der Waals surface area contributed by atoms with Gasteiger partial charge in [0.25, 0.3) is 0 Å². The number of pyridine rings is 2. The Morgan fingerprint density at radius 1 is 0.960 bits per heavy atom. The third-order valence-electron chi connectivity index (χ3n) is 4.42. The maximum Gasteiger partial charge on any atom is 0.0675 e. The fourth-order valence-electron chi connectivity index (χ4n) is 3.40. The van der Waals surface area contributed by atoms with Crippen molar-refractivity contribution in [2.24, 2.45) is 5.16 Å². The molecule has 0 spiro atoms. The fourth-order valence-corrected chi connectivity index (χ4v) is 3.40. The number of rotatable bonds is 5. The summed E-state index contributed by atoms with van der Waals surface area (Å²) in [5.41, 5.74) is 4.44. The highest BCUT2D eigenvalue weighted by Gasteiger charge is 2.37. The first-order chi connectivity index (χ1) is 12.2. The van der Waals surface area contributed by atoms with Crippen molar-refractivity contribution in [2.75, 3.05) is 0 Å². The molecule has 0 radical (unpaired) electrons. The highest BCUT2D eigenvalue weighted by atomic mass is 16.4. The van der Waals surface area contributed by atoms with Crippen molar-refractivity contribution in [3.05, 3.63) is 95.1 Å². The van der Waals surface area contributed by atoms with E-state index in [9.17, 15) is 0 Å². The molecule has 2 aromatic heterocycles. The zero-order chi connectivity index (χ0) is 17.7. The van der Waals surface area contributed by atoms with E-state index < -0.39 is 5.41 Å². The van der Waals surface area contributed by atoms with Crippen molar-refractivity contribution in [1.82, 2.24) is 9.97 Å². The second-order valence-electron chi connectivity index (χ2n) is 6.13. The molecular weight excluding hydrogens is 310 g/mol. The van der Waals surface area contributed by atoms with Crippen LogP contribution in [0.15, 0.2) is 72.0 Å². The van der Waals surface area contributed by atoms with Crippen LogP contribution in [0.25, 0.3) is 0 Å². The van der Waals surface area contributed by atoms with Crippen molar-refractivity contribution in [3.8, 4) is 0 Å². The first-order valence-corrected chi connectivity index (χ1v) is 8.25. The van der Waals surface area contributed by atoms with Crippen LogP contribution >= 0.6 is 0 Å². The molecule has 0 saturated carbocycles. The van der Waals surface area contributed by atoms with E-state index >= 15 is 0 Å². The average molecular weight is 331 g/mol. The van der Waals surface area contributed by atoms with E-state index in [-0.39, 0.29) is 0 Å². The van der Waals surface area contributed by atoms with Crippen molar-refractivity contribution >= 4 is 6.21 Å². The second-order valence-corrected chi connectivity index (χ2v) is 6.13. The standard InChI is InChI=1S/C21H21N3O/c1-16-14-19(15-17(2)24-16)21(11-13-23-25,18-8-4-3-5-9-18)20-10-6-7-12-22-20/h3-10,12-15,25H,11H2,1-2H3/b23-13+. The molecule has 3 rings (SSSR count). The van der Waals surface area contributed by atoms with Gasteiger partial charge in [-0.15, -0.1) is 5.16 Å². The van der Waals surface area contributed by atoms with Gasteiger partial charge >= 0.3 is 0 Å². The van der Waals surface area contributed by atoms with E-state index in [1.165, 1.54) is 6.21 Å². The molecule has 0 saturated heterocycles. The molecule has 0 aliphatic rings. The molecule has 0 fully saturated rings. The van der Waals surface area contributed by atoms with Crippen LogP contribution in [0.3, 0.4) is 0 Å². The molecule has 25 heavy (non-hydrogen) atoms. The summed E-state index contributed by atoms with van der Waals surface area (Å²) in [6.07, 6.45) is 3.82. The summed E-state index contributed by atoms with van der Waals surface area (Å²) in [7, 11) is 0. The van der Waals surface area contributed by atoms with Crippen LogP contribution in [0.1, 0.15) is 34.6 Å². The number of hydrogen-bond donors (Lipinski definition) is 1. The molecule has 0 amide bonds. The number of aryl methyl sites for hydroxylation is 2. The van der Waals surface area contributed by atoms with Crippen molar-refractivity contribution in [1.29, 1.82) is 0 Å². The molecule has 1 N–H and O–H groups in total. The van der Waals surface area contributed by atoms with E-state index in [0.29, 0.717) is 6.42 Å². The van der Waals surface area contributed by atoms with Crippen LogP contribution in [0, 0.1) is 13.8 Å². The molecule has 4 heteroatoms. The number of hydrogen-bond acceptors (Lipinski definition) is 4. The van der Waals surface area contributed by atoms with Crippen LogP contribution in [-0.2, 0) is 5.41 Å². The van der Waals surface area contributed by atoms with Gasteiger partial charge in [-0.2, -0.15) is 0 Å². The van der Waals surface area contributed by atoms with Crippen LogP contribution in [0.2, 0.25) is 0 Å². The van der Waals surface area contributed by atoms with Crippen molar-refractivity contribution < 1.29 is 5.21 Å². The summed E-state index contributed by atoms with van der Waals surface area (Å²) in [6.45, 7) is 3.98. The van der Waals surface area contributed by atoms with Gasteiger partial charge in [0.15, 0.2) is 0 Å². The average Bonchev–Trinajstić information content (AvgIpc) is 2.63. The summed E-state index contributed by atoms with van der Waals surface area (Å²) >= 11 is 0. The zero-order valence-electron chi connectivity index (χ0n) is 14.4. The number of aromatic nitrogens is 2. The molecule has 1 aromatic carbocycles. The van der Waals surface area contributed by atoms with E-state index in [2.05, 4.69) is 39.4 Å². The fraction of sp³-hybridized carbons (Fsp3) is 0.190. The molecule has 1 unspecified atom stereocenters. The third kappa shape index (κ3) is 3.29. The highest BCUT2D eigenvalue weighted by molar-refractivity contribution is 5.65. The van der Waals surface area contributed by atoms with Crippen molar-refractivity contribution in [3.63, 3.8) is 0 Å². The van der Waals surface area contributed by atoms with E-state index in [0.717, 1.165) is 28.2 Å². The molecule has 0 aliphatic heterocycles. The molecular formula is C21H21N3O.